The fourth-order valence-corrected chi connectivity index (χ4v) is 3.57. The van der Waals surface area contributed by atoms with Gasteiger partial charge in [0.1, 0.15) is 0 Å². The van der Waals surface area contributed by atoms with Crippen LogP contribution in [0.15, 0.2) is 64.4 Å². The summed E-state index contributed by atoms with van der Waals surface area (Å²) in [5.41, 5.74) is 0.538. The summed E-state index contributed by atoms with van der Waals surface area (Å²) in [6.45, 7) is 1.85. The molecule has 0 amide bonds. The molecule has 2 rings (SSSR count). The van der Waals surface area contributed by atoms with Gasteiger partial charge in [-0.05, 0) is 24.6 Å². The first kappa shape index (κ1) is 17.2. The molecule has 0 atom stereocenters. The third-order valence-electron chi connectivity index (χ3n) is 3.01. The fraction of sp³-hybridized carbons (Fsp3) is 0.176. The van der Waals surface area contributed by atoms with Crippen LogP contribution in [0.2, 0.25) is 0 Å². The summed E-state index contributed by atoms with van der Waals surface area (Å²) in [7, 11) is 0. The van der Waals surface area contributed by atoms with Crippen LogP contribution in [0.3, 0.4) is 0 Å². The van der Waals surface area contributed by atoms with E-state index in [1.165, 1.54) is 12.1 Å². The van der Waals surface area contributed by atoms with Gasteiger partial charge in [-0.1, -0.05) is 75.7 Å². The Morgan fingerprint density at radius 2 is 1.59 bits per heavy atom. The summed E-state index contributed by atoms with van der Waals surface area (Å²) in [5.74, 6) is 0. The molecule has 0 aliphatic carbocycles. The zero-order chi connectivity index (χ0) is 16.2. The highest BCUT2D eigenvalue weighted by atomic mass is 79.9. The van der Waals surface area contributed by atoms with Crippen LogP contribution in [0, 0.1) is 6.92 Å². The summed E-state index contributed by atoms with van der Waals surface area (Å²) in [4.78, 5) is 1.04. The molecule has 0 fully saturated rings. The highest BCUT2D eigenvalue weighted by molar-refractivity contribution is 9.09. The van der Waals surface area contributed by atoms with Crippen molar-refractivity contribution in [3.8, 4) is 0 Å². The Labute approximate surface area is 140 Å². The van der Waals surface area contributed by atoms with Crippen LogP contribution in [0.1, 0.15) is 11.1 Å². The number of thioether (sulfide) groups is 1. The third kappa shape index (κ3) is 4.40. The van der Waals surface area contributed by atoms with E-state index in [0.717, 1.165) is 22.2 Å². The Bertz CT molecular complexity index is 646. The lowest BCUT2D eigenvalue weighted by molar-refractivity contribution is -0.0691. The highest BCUT2D eigenvalue weighted by Crippen LogP contribution is 2.42. The van der Waals surface area contributed by atoms with E-state index in [9.17, 15) is 13.2 Å². The average molecular weight is 387 g/mol. The second-order valence-electron chi connectivity index (χ2n) is 4.71. The Morgan fingerprint density at radius 1 is 1.00 bits per heavy atom. The van der Waals surface area contributed by atoms with Crippen molar-refractivity contribution >= 4 is 33.3 Å². The quantitative estimate of drug-likeness (QED) is 0.429. The molecule has 0 aliphatic heterocycles. The van der Waals surface area contributed by atoms with Crippen molar-refractivity contribution in [3.05, 3.63) is 70.6 Å². The lowest BCUT2D eigenvalue weighted by atomic mass is 10.0. The van der Waals surface area contributed by atoms with Crippen molar-refractivity contribution in [2.45, 2.75) is 18.0 Å². The number of allylic oxidation sites excluding steroid dienone is 2. The molecule has 2 aromatic carbocycles. The van der Waals surface area contributed by atoms with E-state index in [0.29, 0.717) is 0 Å². The standard InChI is InChI=1S/C17H14BrF3S/c1-12-7-9-13(10-8-12)16(17(19,20)21)15(11-18)22-14-5-3-2-4-6-14/h2-10H,11H2,1H3/b16-15+. The van der Waals surface area contributed by atoms with Crippen LogP contribution in [0.5, 0.6) is 0 Å². The molecule has 0 nitrogen and oxygen atoms in total. The van der Waals surface area contributed by atoms with Gasteiger partial charge in [0.15, 0.2) is 0 Å². The number of rotatable bonds is 4. The minimum absolute atomic E-state index is 0.148. The number of aryl methyl sites for hydroxylation is 1. The molecule has 5 heteroatoms. The Kier molecular flexibility index (Phi) is 5.75. The third-order valence-corrected chi connectivity index (χ3v) is 5.04. The molecular weight excluding hydrogens is 373 g/mol. The van der Waals surface area contributed by atoms with Crippen molar-refractivity contribution in [3.63, 3.8) is 0 Å². The number of alkyl halides is 4. The van der Waals surface area contributed by atoms with Gasteiger partial charge >= 0.3 is 6.18 Å². The molecular formula is C17H14BrF3S. The van der Waals surface area contributed by atoms with E-state index in [4.69, 9.17) is 0 Å². The van der Waals surface area contributed by atoms with Crippen LogP contribution in [0.4, 0.5) is 13.2 Å². The largest absolute Gasteiger partial charge is 0.417 e. The van der Waals surface area contributed by atoms with E-state index in [1.807, 2.05) is 25.1 Å². The summed E-state index contributed by atoms with van der Waals surface area (Å²) in [6, 6.07) is 15.5. The molecule has 0 spiro atoms. The van der Waals surface area contributed by atoms with Crippen LogP contribution < -0.4 is 0 Å². The van der Waals surface area contributed by atoms with Crippen LogP contribution in [-0.2, 0) is 0 Å². The lowest BCUT2D eigenvalue weighted by Crippen LogP contribution is -2.13. The Morgan fingerprint density at radius 3 is 2.09 bits per heavy atom. The molecule has 0 saturated heterocycles. The molecule has 22 heavy (non-hydrogen) atoms. The van der Waals surface area contributed by atoms with Gasteiger partial charge in [-0.3, -0.25) is 0 Å². The highest BCUT2D eigenvalue weighted by Gasteiger charge is 2.37. The van der Waals surface area contributed by atoms with Crippen molar-refractivity contribution in [2.75, 3.05) is 5.33 Å². The van der Waals surface area contributed by atoms with Crippen LogP contribution in [0.25, 0.3) is 5.57 Å². The smallest absolute Gasteiger partial charge is 0.166 e. The normalized spacial score (nSPS) is 13.0. The molecule has 0 aliphatic rings. The summed E-state index contributed by atoms with van der Waals surface area (Å²) >= 11 is 4.33. The fourth-order valence-electron chi connectivity index (χ4n) is 1.98. The monoisotopic (exact) mass is 386 g/mol. The van der Waals surface area contributed by atoms with Crippen LogP contribution in [-0.4, -0.2) is 11.5 Å². The number of hydrogen-bond donors (Lipinski definition) is 0. The van der Waals surface area contributed by atoms with Gasteiger partial charge in [0.25, 0.3) is 0 Å². The maximum absolute atomic E-state index is 13.6. The zero-order valence-corrected chi connectivity index (χ0v) is 14.2. The predicted molar refractivity (Wildman–Crippen MR) is 90.2 cm³/mol. The van der Waals surface area contributed by atoms with E-state index < -0.39 is 11.7 Å². The van der Waals surface area contributed by atoms with Gasteiger partial charge in [-0.15, -0.1) is 0 Å². The van der Waals surface area contributed by atoms with Gasteiger partial charge in [-0.25, -0.2) is 0 Å². The lowest BCUT2D eigenvalue weighted by Gasteiger charge is -2.17. The Hall–Kier alpha value is -1.20. The maximum atomic E-state index is 13.6. The van der Waals surface area contributed by atoms with Gasteiger partial charge in [0.2, 0.25) is 0 Å². The first-order chi connectivity index (χ1) is 10.4. The molecule has 0 heterocycles. The average Bonchev–Trinajstić information content (AvgIpc) is 2.48. The minimum atomic E-state index is -4.40. The van der Waals surface area contributed by atoms with E-state index in [2.05, 4.69) is 15.9 Å². The van der Waals surface area contributed by atoms with Crippen molar-refractivity contribution in [2.24, 2.45) is 0 Å². The van der Waals surface area contributed by atoms with Gasteiger partial charge in [-0.2, -0.15) is 13.2 Å². The van der Waals surface area contributed by atoms with Crippen molar-refractivity contribution in [1.29, 1.82) is 0 Å². The molecule has 116 valence electrons. The summed E-state index contributed by atoms with van der Waals surface area (Å²) < 4.78 is 40.7. The first-order valence-corrected chi connectivity index (χ1v) is 8.52. The molecule has 0 unspecified atom stereocenters. The zero-order valence-electron chi connectivity index (χ0n) is 11.8. The first-order valence-electron chi connectivity index (χ1n) is 6.58. The topological polar surface area (TPSA) is 0 Å². The second kappa shape index (κ2) is 7.38. The van der Waals surface area contributed by atoms with Crippen LogP contribution >= 0.6 is 27.7 Å². The number of halogens is 4. The van der Waals surface area contributed by atoms with Crippen molar-refractivity contribution in [1.82, 2.24) is 0 Å². The van der Waals surface area contributed by atoms with Gasteiger partial charge in [0.05, 0.1) is 5.57 Å². The Balaban J connectivity index is 2.51. The SMILES string of the molecule is Cc1ccc(/C(=C(/CBr)Sc2ccccc2)C(F)(F)F)cc1. The minimum Gasteiger partial charge on any atom is -0.166 e. The molecule has 0 bridgehead atoms. The second-order valence-corrected chi connectivity index (χ2v) is 6.44. The van der Waals surface area contributed by atoms with Gasteiger partial charge in [0, 0.05) is 15.1 Å². The predicted octanol–water partition coefficient (Wildman–Crippen LogP) is 6.46. The number of hydrogen-bond acceptors (Lipinski definition) is 1. The van der Waals surface area contributed by atoms with Gasteiger partial charge < -0.3 is 0 Å². The number of benzene rings is 2. The summed E-state index contributed by atoms with van der Waals surface area (Å²) in [6.07, 6.45) is -4.40. The molecule has 2 aromatic rings. The molecule has 0 radical (unpaired) electrons. The maximum Gasteiger partial charge on any atom is 0.417 e. The van der Waals surface area contributed by atoms with E-state index in [1.54, 1.807) is 24.3 Å². The van der Waals surface area contributed by atoms with Crippen molar-refractivity contribution < 1.29 is 13.2 Å². The molecule has 0 saturated carbocycles. The molecule has 0 N–H and O–H groups in total. The summed E-state index contributed by atoms with van der Waals surface area (Å²) in [5, 5.41) is 0.148. The van der Waals surface area contributed by atoms with E-state index in [-0.39, 0.29) is 15.8 Å². The van der Waals surface area contributed by atoms with E-state index >= 15 is 0 Å². The molecule has 0 aromatic heterocycles.